The Morgan fingerprint density at radius 2 is 1.90 bits per heavy atom. The van der Waals surface area contributed by atoms with E-state index in [1.807, 2.05) is 6.07 Å². The fourth-order valence-electron chi connectivity index (χ4n) is 3.37. The Balaban J connectivity index is 1.49. The number of aryl methyl sites for hydroxylation is 2. The van der Waals surface area contributed by atoms with Crippen LogP contribution < -0.4 is 10.1 Å². The van der Waals surface area contributed by atoms with Crippen molar-refractivity contribution in [3.63, 3.8) is 0 Å². The molecule has 1 N–H and O–H groups in total. The van der Waals surface area contributed by atoms with E-state index in [4.69, 9.17) is 32.6 Å². The number of amides is 1. The SMILES string of the molecule is CC(Oc1ccc(Cl)cc1Cl)C(=O)Nc1nonc1-c1ccc2c(c1)CCCC2. The van der Waals surface area contributed by atoms with Gasteiger partial charge in [0.25, 0.3) is 5.91 Å². The molecule has 0 spiro atoms. The van der Waals surface area contributed by atoms with E-state index in [-0.39, 0.29) is 5.82 Å². The molecule has 0 bridgehead atoms. The maximum absolute atomic E-state index is 12.6. The molecular weight excluding hydrogens is 413 g/mol. The monoisotopic (exact) mass is 431 g/mol. The van der Waals surface area contributed by atoms with Gasteiger partial charge in [-0.15, -0.1) is 0 Å². The van der Waals surface area contributed by atoms with Gasteiger partial charge in [-0.3, -0.25) is 4.79 Å². The van der Waals surface area contributed by atoms with Crippen LogP contribution in [0.25, 0.3) is 11.3 Å². The van der Waals surface area contributed by atoms with E-state index in [2.05, 4.69) is 27.8 Å². The van der Waals surface area contributed by atoms with Gasteiger partial charge in [0.05, 0.1) is 5.02 Å². The highest BCUT2D eigenvalue weighted by Gasteiger charge is 2.22. The Morgan fingerprint density at radius 3 is 2.69 bits per heavy atom. The third kappa shape index (κ3) is 4.38. The summed E-state index contributed by atoms with van der Waals surface area (Å²) in [7, 11) is 0. The lowest BCUT2D eigenvalue weighted by atomic mass is 9.90. The third-order valence-electron chi connectivity index (χ3n) is 4.92. The molecule has 1 aromatic heterocycles. The van der Waals surface area contributed by atoms with Crippen LogP contribution in [0.4, 0.5) is 5.82 Å². The Labute approximate surface area is 178 Å². The summed E-state index contributed by atoms with van der Waals surface area (Å²) in [6, 6.07) is 11.0. The van der Waals surface area contributed by atoms with Crippen molar-refractivity contribution >= 4 is 34.9 Å². The van der Waals surface area contributed by atoms with Crippen molar-refractivity contribution in [2.45, 2.75) is 38.7 Å². The highest BCUT2D eigenvalue weighted by Crippen LogP contribution is 2.31. The molecule has 0 radical (unpaired) electrons. The number of anilines is 1. The average molecular weight is 432 g/mol. The number of fused-ring (bicyclic) bond motifs is 1. The summed E-state index contributed by atoms with van der Waals surface area (Å²) in [5.41, 5.74) is 4.02. The van der Waals surface area contributed by atoms with Gasteiger partial charge in [0.1, 0.15) is 5.75 Å². The van der Waals surface area contributed by atoms with Gasteiger partial charge in [0.2, 0.25) is 5.82 Å². The Morgan fingerprint density at radius 1 is 1.10 bits per heavy atom. The second-order valence-electron chi connectivity index (χ2n) is 6.98. The molecule has 1 amide bonds. The van der Waals surface area contributed by atoms with Crippen LogP contribution in [0.2, 0.25) is 10.0 Å². The number of nitrogens with one attached hydrogen (secondary N) is 1. The molecule has 1 heterocycles. The first-order valence-electron chi connectivity index (χ1n) is 9.38. The molecular formula is C21H19Cl2N3O3. The molecule has 4 rings (SSSR count). The van der Waals surface area contributed by atoms with Crippen molar-refractivity contribution in [2.75, 3.05) is 5.32 Å². The van der Waals surface area contributed by atoms with E-state index in [9.17, 15) is 4.79 Å². The zero-order valence-electron chi connectivity index (χ0n) is 15.7. The minimum Gasteiger partial charge on any atom is -0.479 e. The van der Waals surface area contributed by atoms with Crippen molar-refractivity contribution in [3.8, 4) is 17.0 Å². The lowest BCUT2D eigenvalue weighted by molar-refractivity contribution is -0.122. The highest BCUT2D eigenvalue weighted by atomic mass is 35.5. The van der Waals surface area contributed by atoms with Crippen molar-refractivity contribution < 1.29 is 14.2 Å². The minimum absolute atomic E-state index is 0.253. The minimum atomic E-state index is -0.818. The van der Waals surface area contributed by atoms with Crippen molar-refractivity contribution in [3.05, 3.63) is 57.6 Å². The lowest BCUT2D eigenvalue weighted by Gasteiger charge is -2.16. The summed E-state index contributed by atoms with van der Waals surface area (Å²) in [6.45, 7) is 1.62. The van der Waals surface area contributed by atoms with Crippen LogP contribution in [-0.2, 0) is 17.6 Å². The molecule has 8 heteroatoms. The Kier molecular flexibility index (Phi) is 5.74. The number of carbonyl (C=O) groups is 1. The van der Waals surface area contributed by atoms with Crippen LogP contribution in [-0.4, -0.2) is 22.3 Å². The van der Waals surface area contributed by atoms with Gasteiger partial charge in [-0.2, -0.15) is 0 Å². The second kappa shape index (κ2) is 8.43. The average Bonchev–Trinajstić information content (AvgIpc) is 3.17. The van der Waals surface area contributed by atoms with E-state index in [1.165, 1.54) is 24.0 Å². The van der Waals surface area contributed by atoms with Crippen molar-refractivity contribution in [2.24, 2.45) is 0 Å². The van der Waals surface area contributed by atoms with E-state index < -0.39 is 12.0 Å². The highest BCUT2D eigenvalue weighted by molar-refractivity contribution is 6.35. The van der Waals surface area contributed by atoms with E-state index in [1.54, 1.807) is 25.1 Å². The predicted octanol–water partition coefficient (Wildman–Crippen LogP) is 5.33. The molecule has 2 aromatic carbocycles. The quantitative estimate of drug-likeness (QED) is 0.590. The van der Waals surface area contributed by atoms with Gasteiger partial charge in [-0.25, -0.2) is 4.63 Å². The second-order valence-corrected chi connectivity index (χ2v) is 7.82. The molecule has 0 fully saturated rings. The summed E-state index contributed by atoms with van der Waals surface area (Å²) in [6.07, 6.45) is 3.72. The van der Waals surface area contributed by atoms with Crippen LogP contribution in [0.5, 0.6) is 5.75 Å². The summed E-state index contributed by atoms with van der Waals surface area (Å²) in [4.78, 5) is 12.6. The normalized spacial score (nSPS) is 14.2. The number of rotatable bonds is 5. The van der Waals surface area contributed by atoms with Gasteiger partial charge < -0.3 is 10.1 Å². The van der Waals surface area contributed by atoms with Gasteiger partial charge in [0.15, 0.2) is 11.8 Å². The smallest absolute Gasteiger partial charge is 0.266 e. The molecule has 1 unspecified atom stereocenters. The fraction of sp³-hybridized carbons (Fsp3) is 0.286. The summed E-state index contributed by atoms with van der Waals surface area (Å²) in [5, 5.41) is 11.4. The van der Waals surface area contributed by atoms with Crippen LogP contribution >= 0.6 is 23.2 Å². The van der Waals surface area contributed by atoms with E-state index >= 15 is 0 Å². The van der Waals surface area contributed by atoms with E-state index in [0.717, 1.165) is 18.4 Å². The third-order valence-corrected chi connectivity index (χ3v) is 5.45. The first kappa shape index (κ1) is 19.7. The zero-order valence-corrected chi connectivity index (χ0v) is 17.3. The van der Waals surface area contributed by atoms with Crippen LogP contribution in [0, 0.1) is 0 Å². The van der Waals surface area contributed by atoms with Crippen LogP contribution in [0.3, 0.4) is 0 Å². The number of ether oxygens (including phenoxy) is 1. The molecule has 1 atom stereocenters. The number of nitrogens with zero attached hydrogens (tertiary/aromatic N) is 2. The number of halogens is 2. The molecule has 1 aliphatic rings. The predicted molar refractivity (Wildman–Crippen MR) is 112 cm³/mol. The summed E-state index contributed by atoms with van der Waals surface area (Å²) < 4.78 is 10.5. The van der Waals surface area contributed by atoms with Gasteiger partial charge in [-0.05, 0) is 78.3 Å². The Hall–Kier alpha value is -2.57. The Bertz CT molecular complexity index is 1050. The maximum atomic E-state index is 12.6. The number of hydrogen-bond donors (Lipinski definition) is 1. The largest absolute Gasteiger partial charge is 0.479 e. The van der Waals surface area contributed by atoms with Crippen molar-refractivity contribution in [1.29, 1.82) is 0 Å². The molecule has 0 saturated carbocycles. The fourth-order valence-corrected chi connectivity index (χ4v) is 3.83. The van der Waals surface area contributed by atoms with Gasteiger partial charge >= 0.3 is 0 Å². The maximum Gasteiger partial charge on any atom is 0.266 e. The van der Waals surface area contributed by atoms with Gasteiger partial charge in [0, 0.05) is 10.6 Å². The number of aromatic nitrogens is 2. The zero-order chi connectivity index (χ0) is 20.4. The van der Waals surface area contributed by atoms with E-state index in [0.29, 0.717) is 21.5 Å². The molecule has 3 aromatic rings. The van der Waals surface area contributed by atoms with Gasteiger partial charge in [-0.1, -0.05) is 35.3 Å². The molecule has 1 aliphatic carbocycles. The molecule has 150 valence electrons. The first-order chi connectivity index (χ1) is 14.0. The van der Waals surface area contributed by atoms with Crippen LogP contribution in [0.1, 0.15) is 30.9 Å². The molecule has 29 heavy (non-hydrogen) atoms. The van der Waals surface area contributed by atoms with Crippen LogP contribution in [0.15, 0.2) is 41.0 Å². The topological polar surface area (TPSA) is 77.2 Å². The number of carbonyl (C=O) groups excluding carboxylic acids is 1. The molecule has 0 aliphatic heterocycles. The number of benzene rings is 2. The summed E-state index contributed by atoms with van der Waals surface area (Å²) >= 11 is 12.0. The van der Waals surface area contributed by atoms with Crippen molar-refractivity contribution in [1.82, 2.24) is 10.3 Å². The molecule has 0 saturated heterocycles. The lowest BCUT2D eigenvalue weighted by Crippen LogP contribution is -2.30. The first-order valence-corrected chi connectivity index (χ1v) is 10.1. The summed E-state index contributed by atoms with van der Waals surface area (Å²) in [5.74, 6) is 0.223. The standard InChI is InChI=1S/C21H19Cl2N3O3/c1-12(28-18-9-8-16(22)11-17(18)23)21(27)24-20-19(25-29-26-20)15-7-6-13-4-2-3-5-14(13)10-15/h6-12H,2-5H2,1H3,(H,24,26,27). The number of hydrogen-bond acceptors (Lipinski definition) is 5. The molecule has 6 nitrogen and oxygen atoms in total.